The molecule has 1 unspecified atom stereocenters. The van der Waals surface area contributed by atoms with Crippen molar-refractivity contribution in [3.8, 4) is 5.75 Å². The molecule has 0 fully saturated rings. The zero-order valence-electron chi connectivity index (χ0n) is 22.1. The van der Waals surface area contributed by atoms with Gasteiger partial charge < -0.3 is 20.5 Å². The number of ketones is 1. The van der Waals surface area contributed by atoms with E-state index >= 15 is 0 Å². The quantitative estimate of drug-likeness (QED) is 0.344. The van der Waals surface area contributed by atoms with Crippen molar-refractivity contribution in [3.63, 3.8) is 0 Å². The van der Waals surface area contributed by atoms with Crippen molar-refractivity contribution >= 4 is 34.6 Å². The van der Waals surface area contributed by atoms with Gasteiger partial charge in [-0.15, -0.1) is 11.3 Å². The fourth-order valence-corrected chi connectivity index (χ4v) is 6.37. The van der Waals surface area contributed by atoms with Gasteiger partial charge in [-0.25, -0.2) is 0 Å². The average Bonchev–Trinajstić information content (AvgIpc) is 3.17. The number of amides is 1. The maximum atomic E-state index is 13.2. The number of aliphatic hydroxyl groups excluding tert-OH is 1. The van der Waals surface area contributed by atoms with Gasteiger partial charge in [0, 0.05) is 17.8 Å². The number of likely N-dealkylation sites (N-methyl/N-ethyl adjacent to an activating group) is 1. The van der Waals surface area contributed by atoms with E-state index in [1.807, 2.05) is 19.1 Å². The average molecular weight is 535 g/mol. The molecule has 8 heteroatoms. The summed E-state index contributed by atoms with van der Waals surface area (Å²) in [5.41, 5.74) is 4.85. The molecule has 1 atom stereocenters. The van der Waals surface area contributed by atoms with Crippen LogP contribution >= 0.6 is 22.9 Å². The molecule has 0 radical (unpaired) electrons. The molecule has 0 bridgehead atoms. The summed E-state index contributed by atoms with van der Waals surface area (Å²) in [7, 11) is 1.68. The van der Waals surface area contributed by atoms with Gasteiger partial charge in [-0.1, -0.05) is 38.4 Å². The smallest absolute Gasteiger partial charge is 0.234 e. The number of Topliss-reactive ketones (excluding diaryl/α,β-unsaturated/α-hetero) is 1. The number of hydrogen-bond donors (Lipinski definition) is 3. The first-order chi connectivity index (χ1) is 17.0. The Kier molecular flexibility index (Phi) is 9.98. The van der Waals surface area contributed by atoms with Crippen molar-refractivity contribution in [3.05, 3.63) is 49.2 Å². The number of benzene rings is 1. The van der Waals surface area contributed by atoms with Gasteiger partial charge in [-0.2, -0.15) is 0 Å². The van der Waals surface area contributed by atoms with E-state index in [1.165, 1.54) is 16.0 Å². The molecule has 3 N–H and O–H groups in total. The summed E-state index contributed by atoms with van der Waals surface area (Å²) in [5, 5.41) is 15.9. The zero-order valence-corrected chi connectivity index (χ0v) is 23.6. The highest BCUT2D eigenvalue weighted by atomic mass is 35.5. The van der Waals surface area contributed by atoms with E-state index in [0.29, 0.717) is 29.0 Å². The summed E-state index contributed by atoms with van der Waals surface area (Å²) in [5.74, 6) is 0.533. The number of carbonyl (C=O) groups excluding carboxylic acids is 2. The van der Waals surface area contributed by atoms with Gasteiger partial charge in [0.2, 0.25) is 5.91 Å². The molecule has 1 aliphatic carbocycles. The minimum Gasteiger partial charge on any atom is -0.489 e. The maximum absolute atomic E-state index is 13.2. The van der Waals surface area contributed by atoms with Crippen molar-refractivity contribution in [2.45, 2.75) is 72.3 Å². The molecule has 1 aromatic carbocycles. The lowest BCUT2D eigenvalue weighted by Gasteiger charge is -2.30. The molecule has 3 rings (SSSR count). The highest BCUT2D eigenvalue weighted by Gasteiger charge is 2.31. The molecule has 2 aromatic rings. The van der Waals surface area contributed by atoms with Crippen LogP contribution in [0.15, 0.2) is 12.1 Å². The van der Waals surface area contributed by atoms with Crippen LogP contribution in [0.2, 0.25) is 5.02 Å². The fourth-order valence-electron chi connectivity index (χ4n) is 4.76. The van der Waals surface area contributed by atoms with Crippen molar-refractivity contribution in [2.75, 3.05) is 26.7 Å². The third-order valence-corrected chi connectivity index (χ3v) is 8.44. The van der Waals surface area contributed by atoms with Crippen LogP contribution in [0.3, 0.4) is 0 Å². The first-order valence-electron chi connectivity index (χ1n) is 12.7. The SMILES string of the molecule is CCc1sc(C(=O)CCc2cc(C)c(OCC(O)CNC(=O)CNC)c(Cl)c2)c2c1CC(C)(C)CC2. The monoisotopic (exact) mass is 534 g/mol. The molecule has 198 valence electrons. The summed E-state index contributed by atoms with van der Waals surface area (Å²) in [6.45, 7) is 9.01. The third-order valence-electron chi connectivity index (χ3n) is 6.70. The van der Waals surface area contributed by atoms with Crippen LogP contribution in [-0.4, -0.2) is 49.6 Å². The lowest BCUT2D eigenvalue weighted by atomic mass is 9.74. The number of halogens is 1. The minimum absolute atomic E-state index is 0.0122. The van der Waals surface area contributed by atoms with Crippen LogP contribution in [0.4, 0.5) is 0 Å². The molecule has 1 aliphatic rings. The Balaban J connectivity index is 1.60. The van der Waals surface area contributed by atoms with Gasteiger partial charge in [0.25, 0.3) is 0 Å². The number of ether oxygens (including phenoxy) is 1. The van der Waals surface area contributed by atoms with Gasteiger partial charge in [-0.3, -0.25) is 9.59 Å². The second-order valence-corrected chi connectivity index (χ2v) is 12.0. The van der Waals surface area contributed by atoms with Gasteiger partial charge in [0.15, 0.2) is 5.78 Å². The summed E-state index contributed by atoms with van der Waals surface area (Å²) >= 11 is 8.19. The van der Waals surface area contributed by atoms with Crippen LogP contribution in [0.5, 0.6) is 5.75 Å². The van der Waals surface area contributed by atoms with Gasteiger partial charge >= 0.3 is 0 Å². The molecule has 1 heterocycles. The van der Waals surface area contributed by atoms with Crippen molar-refractivity contribution in [1.82, 2.24) is 10.6 Å². The van der Waals surface area contributed by atoms with Crippen LogP contribution in [0.25, 0.3) is 0 Å². The largest absolute Gasteiger partial charge is 0.489 e. The highest BCUT2D eigenvalue weighted by Crippen LogP contribution is 2.42. The highest BCUT2D eigenvalue weighted by molar-refractivity contribution is 7.14. The Hall–Kier alpha value is -1.93. The Morgan fingerprint density at radius 3 is 2.69 bits per heavy atom. The number of fused-ring (bicyclic) bond motifs is 1. The van der Waals surface area contributed by atoms with Crippen LogP contribution < -0.4 is 15.4 Å². The van der Waals surface area contributed by atoms with E-state index in [0.717, 1.165) is 41.7 Å². The third kappa shape index (κ3) is 7.31. The number of aliphatic hydroxyl groups is 1. The second kappa shape index (κ2) is 12.5. The predicted molar refractivity (Wildman–Crippen MR) is 147 cm³/mol. The molecule has 0 saturated heterocycles. The molecular formula is C28H39ClN2O4S. The van der Waals surface area contributed by atoms with Crippen LogP contribution in [-0.2, 0) is 30.5 Å². The molecule has 0 spiro atoms. The summed E-state index contributed by atoms with van der Waals surface area (Å²) in [6.07, 6.45) is 4.34. The van der Waals surface area contributed by atoms with Crippen LogP contribution in [0, 0.1) is 12.3 Å². The van der Waals surface area contributed by atoms with Crippen molar-refractivity contribution < 1.29 is 19.4 Å². The fraction of sp³-hybridized carbons (Fsp3) is 0.571. The number of thiophene rings is 1. The van der Waals surface area contributed by atoms with E-state index in [4.69, 9.17) is 16.3 Å². The van der Waals surface area contributed by atoms with E-state index in [9.17, 15) is 14.7 Å². The standard InChI is InChI=1S/C28H39ClN2O4S/c1-6-24-21-13-28(3,4)10-9-20(21)27(36-24)23(33)8-7-18-11-17(2)26(22(29)12-18)35-16-19(32)14-31-25(34)15-30-5/h11-12,19,30,32H,6-10,13-16H2,1-5H3,(H,31,34). The Labute approximate surface area is 223 Å². The summed E-state index contributed by atoms with van der Waals surface area (Å²) in [4.78, 5) is 27.1. The number of nitrogens with one attached hydrogen (secondary N) is 2. The summed E-state index contributed by atoms with van der Waals surface area (Å²) in [6, 6.07) is 3.82. The van der Waals surface area contributed by atoms with E-state index in [2.05, 4.69) is 31.4 Å². The second-order valence-electron chi connectivity index (χ2n) is 10.5. The Morgan fingerprint density at radius 1 is 1.28 bits per heavy atom. The van der Waals surface area contributed by atoms with Crippen molar-refractivity contribution in [1.29, 1.82) is 0 Å². The number of carbonyl (C=O) groups is 2. The normalized spacial score (nSPS) is 15.3. The molecule has 36 heavy (non-hydrogen) atoms. The van der Waals surface area contributed by atoms with E-state index < -0.39 is 6.10 Å². The maximum Gasteiger partial charge on any atom is 0.234 e. The minimum atomic E-state index is -0.853. The summed E-state index contributed by atoms with van der Waals surface area (Å²) < 4.78 is 5.75. The van der Waals surface area contributed by atoms with Gasteiger partial charge in [-0.05, 0) is 79.8 Å². The van der Waals surface area contributed by atoms with E-state index in [-0.39, 0.29) is 31.4 Å². The van der Waals surface area contributed by atoms with Gasteiger partial charge in [0.1, 0.15) is 18.5 Å². The lowest BCUT2D eigenvalue weighted by Crippen LogP contribution is -2.39. The molecule has 1 amide bonds. The Morgan fingerprint density at radius 2 is 2.03 bits per heavy atom. The lowest BCUT2D eigenvalue weighted by molar-refractivity contribution is -0.120. The first kappa shape index (κ1) is 28.6. The van der Waals surface area contributed by atoms with Crippen molar-refractivity contribution in [2.24, 2.45) is 5.41 Å². The number of hydrogen-bond acceptors (Lipinski definition) is 6. The van der Waals surface area contributed by atoms with E-state index in [1.54, 1.807) is 18.4 Å². The molecule has 0 aliphatic heterocycles. The zero-order chi connectivity index (χ0) is 26.5. The topological polar surface area (TPSA) is 87.7 Å². The molecule has 6 nitrogen and oxygen atoms in total. The van der Waals surface area contributed by atoms with Crippen LogP contribution in [0.1, 0.15) is 70.4 Å². The van der Waals surface area contributed by atoms with Gasteiger partial charge in [0.05, 0.1) is 16.4 Å². The first-order valence-corrected chi connectivity index (χ1v) is 13.9. The molecule has 1 aromatic heterocycles. The Bertz CT molecular complexity index is 1070. The predicted octanol–water partition coefficient (Wildman–Crippen LogP) is 4.68. The number of rotatable bonds is 12. The molecular weight excluding hydrogens is 496 g/mol. The number of aryl methyl sites for hydroxylation is 3. The molecule has 0 saturated carbocycles.